The molecule has 0 bridgehead atoms. The number of hydrogen-bond donors (Lipinski definition) is 1. The first-order chi connectivity index (χ1) is 13.5. The molecular weight excluding hydrogens is 389 g/mol. The summed E-state index contributed by atoms with van der Waals surface area (Å²) in [5, 5.41) is 10.5. The molecule has 9 heteroatoms. The maximum atomic E-state index is 14.0. The van der Waals surface area contributed by atoms with E-state index in [9.17, 15) is 9.18 Å². The van der Waals surface area contributed by atoms with E-state index in [1.807, 2.05) is 0 Å². The van der Waals surface area contributed by atoms with Crippen LogP contribution in [-0.4, -0.2) is 35.1 Å². The minimum atomic E-state index is -0.595. The summed E-state index contributed by atoms with van der Waals surface area (Å²) >= 11 is 6.04. The van der Waals surface area contributed by atoms with Crippen molar-refractivity contribution in [2.75, 3.05) is 13.7 Å². The van der Waals surface area contributed by atoms with E-state index in [1.54, 1.807) is 31.2 Å². The molecular formula is C19H17ClFN3O4. The van der Waals surface area contributed by atoms with E-state index in [4.69, 9.17) is 25.8 Å². The first-order valence-corrected chi connectivity index (χ1v) is 8.75. The average molecular weight is 406 g/mol. The van der Waals surface area contributed by atoms with Gasteiger partial charge >= 0.3 is 5.97 Å². The first kappa shape index (κ1) is 19.6. The number of aromatic amines is 1. The summed E-state index contributed by atoms with van der Waals surface area (Å²) in [6, 6.07) is 9.37. The summed E-state index contributed by atoms with van der Waals surface area (Å²) in [7, 11) is 1.48. The largest absolute Gasteiger partial charge is 0.493 e. The lowest BCUT2D eigenvalue weighted by Crippen LogP contribution is -2.07. The van der Waals surface area contributed by atoms with Gasteiger partial charge in [0.25, 0.3) is 0 Å². The minimum Gasteiger partial charge on any atom is -0.493 e. The van der Waals surface area contributed by atoms with Crippen LogP contribution in [0.15, 0.2) is 36.4 Å². The highest BCUT2D eigenvalue weighted by Crippen LogP contribution is 2.34. The number of rotatable bonds is 7. The quantitative estimate of drug-likeness (QED) is 0.597. The van der Waals surface area contributed by atoms with E-state index >= 15 is 0 Å². The predicted molar refractivity (Wildman–Crippen MR) is 100 cm³/mol. The molecule has 2 aromatic carbocycles. The number of carbonyl (C=O) groups is 1. The number of esters is 1. The van der Waals surface area contributed by atoms with E-state index in [1.165, 1.54) is 19.2 Å². The number of ether oxygens (including phenoxy) is 3. The van der Waals surface area contributed by atoms with E-state index in [2.05, 4.69) is 15.4 Å². The van der Waals surface area contributed by atoms with Crippen LogP contribution >= 0.6 is 11.6 Å². The van der Waals surface area contributed by atoms with E-state index in [0.717, 1.165) is 0 Å². The second-order valence-corrected chi connectivity index (χ2v) is 6.00. The molecule has 0 saturated heterocycles. The summed E-state index contributed by atoms with van der Waals surface area (Å²) < 4.78 is 30.0. The second kappa shape index (κ2) is 8.71. The smallest absolute Gasteiger partial charge is 0.361 e. The van der Waals surface area contributed by atoms with Crippen LogP contribution in [0.4, 0.5) is 4.39 Å². The molecule has 1 heterocycles. The number of carbonyl (C=O) groups excluding carboxylic acids is 1. The first-order valence-electron chi connectivity index (χ1n) is 8.37. The molecule has 0 atom stereocenters. The highest BCUT2D eigenvalue weighted by Gasteiger charge is 2.20. The summed E-state index contributed by atoms with van der Waals surface area (Å²) in [5.41, 5.74) is 1.13. The average Bonchev–Trinajstić information content (AvgIpc) is 3.17. The van der Waals surface area contributed by atoms with Gasteiger partial charge in [-0.15, -0.1) is 5.10 Å². The Kier molecular flexibility index (Phi) is 6.10. The third kappa shape index (κ3) is 4.07. The molecule has 7 nitrogen and oxygen atoms in total. The Morgan fingerprint density at radius 3 is 2.75 bits per heavy atom. The summed E-state index contributed by atoms with van der Waals surface area (Å²) in [4.78, 5) is 12.0. The van der Waals surface area contributed by atoms with Crippen molar-refractivity contribution in [3.05, 3.63) is 58.5 Å². The summed E-state index contributed by atoms with van der Waals surface area (Å²) in [6.07, 6.45) is 0. The molecule has 0 spiro atoms. The van der Waals surface area contributed by atoms with Crippen LogP contribution in [0.3, 0.4) is 0 Å². The van der Waals surface area contributed by atoms with Crippen LogP contribution in [-0.2, 0) is 11.3 Å². The molecule has 0 aliphatic carbocycles. The molecule has 3 rings (SSSR count). The van der Waals surface area contributed by atoms with Gasteiger partial charge in [0.1, 0.15) is 18.1 Å². The van der Waals surface area contributed by atoms with Crippen LogP contribution in [0, 0.1) is 5.82 Å². The third-order valence-electron chi connectivity index (χ3n) is 3.89. The Balaban J connectivity index is 1.91. The van der Waals surface area contributed by atoms with Gasteiger partial charge in [-0.3, -0.25) is 0 Å². The zero-order chi connectivity index (χ0) is 20.1. The van der Waals surface area contributed by atoms with Gasteiger partial charge < -0.3 is 14.2 Å². The molecule has 0 aliphatic heterocycles. The highest BCUT2D eigenvalue weighted by molar-refractivity contribution is 6.31. The van der Waals surface area contributed by atoms with Crippen molar-refractivity contribution in [2.45, 2.75) is 13.5 Å². The standard InChI is InChI=1S/C19H17ClFN3O4/c1-3-27-19(25)18-17(22-24-23-18)11-7-8-15(26-2)16(9-11)28-10-12-13(20)5-4-6-14(12)21/h4-9H,3,10H2,1-2H3,(H,22,23,24). The Morgan fingerprint density at radius 1 is 1.21 bits per heavy atom. The van der Waals surface area contributed by atoms with Gasteiger partial charge in [0.2, 0.25) is 0 Å². The predicted octanol–water partition coefficient (Wildman–Crippen LogP) is 4.03. The number of methoxy groups -OCH3 is 1. The lowest BCUT2D eigenvalue weighted by atomic mass is 10.1. The normalized spacial score (nSPS) is 10.6. The Labute approximate surface area is 165 Å². The third-order valence-corrected chi connectivity index (χ3v) is 4.24. The lowest BCUT2D eigenvalue weighted by Gasteiger charge is -2.13. The van der Waals surface area contributed by atoms with Crippen molar-refractivity contribution in [2.24, 2.45) is 0 Å². The van der Waals surface area contributed by atoms with Gasteiger partial charge in [-0.05, 0) is 37.3 Å². The van der Waals surface area contributed by atoms with Gasteiger partial charge in [-0.1, -0.05) is 17.7 Å². The topological polar surface area (TPSA) is 86.3 Å². The zero-order valence-corrected chi connectivity index (χ0v) is 15.9. The Hall–Kier alpha value is -3.13. The number of H-pyrrole nitrogens is 1. The van der Waals surface area contributed by atoms with E-state index in [-0.39, 0.29) is 29.5 Å². The molecule has 1 aromatic heterocycles. The monoisotopic (exact) mass is 405 g/mol. The zero-order valence-electron chi connectivity index (χ0n) is 15.2. The molecule has 28 heavy (non-hydrogen) atoms. The van der Waals surface area contributed by atoms with Gasteiger partial charge in [0.15, 0.2) is 17.2 Å². The summed E-state index contributed by atoms with van der Waals surface area (Å²) in [5.74, 6) is -0.305. The van der Waals surface area contributed by atoms with Gasteiger partial charge in [0.05, 0.1) is 18.7 Å². The Bertz CT molecular complexity index is 973. The molecule has 0 radical (unpaired) electrons. The lowest BCUT2D eigenvalue weighted by molar-refractivity contribution is 0.0520. The van der Waals surface area contributed by atoms with Crippen LogP contribution < -0.4 is 9.47 Å². The SMILES string of the molecule is CCOC(=O)c1n[nH]nc1-c1ccc(OC)c(OCc2c(F)cccc2Cl)c1. The molecule has 0 saturated carbocycles. The van der Waals surface area contributed by atoms with E-state index < -0.39 is 11.8 Å². The van der Waals surface area contributed by atoms with Gasteiger partial charge in [0, 0.05) is 11.1 Å². The van der Waals surface area contributed by atoms with Crippen LogP contribution in [0.1, 0.15) is 23.0 Å². The Morgan fingerprint density at radius 2 is 2.04 bits per heavy atom. The van der Waals surface area contributed by atoms with Crippen LogP contribution in [0.2, 0.25) is 5.02 Å². The van der Waals surface area contributed by atoms with Crippen molar-refractivity contribution in [3.63, 3.8) is 0 Å². The molecule has 1 N–H and O–H groups in total. The molecule has 146 valence electrons. The number of nitrogens with zero attached hydrogens (tertiary/aromatic N) is 2. The molecule has 0 unspecified atom stereocenters. The summed E-state index contributed by atoms with van der Waals surface area (Å²) in [6.45, 7) is 1.81. The van der Waals surface area contributed by atoms with Crippen molar-refractivity contribution >= 4 is 17.6 Å². The van der Waals surface area contributed by atoms with E-state index in [0.29, 0.717) is 22.8 Å². The number of hydrogen-bond acceptors (Lipinski definition) is 6. The van der Waals surface area contributed by atoms with Crippen molar-refractivity contribution in [1.82, 2.24) is 15.4 Å². The van der Waals surface area contributed by atoms with Gasteiger partial charge in [-0.25, -0.2) is 9.18 Å². The maximum absolute atomic E-state index is 14.0. The van der Waals surface area contributed by atoms with Crippen molar-refractivity contribution in [1.29, 1.82) is 0 Å². The maximum Gasteiger partial charge on any atom is 0.361 e. The molecule has 0 amide bonds. The number of nitrogens with one attached hydrogen (secondary N) is 1. The van der Waals surface area contributed by atoms with Crippen LogP contribution in [0.25, 0.3) is 11.3 Å². The van der Waals surface area contributed by atoms with Crippen molar-refractivity contribution in [3.8, 4) is 22.8 Å². The van der Waals surface area contributed by atoms with Crippen LogP contribution in [0.5, 0.6) is 11.5 Å². The number of benzene rings is 2. The minimum absolute atomic E-state index is 0.0510. The second-order valence-electron chi connectivity index (χ2n) is 5.60. The molecule has 3 aromatic rings. The fourth-order valence-corrected chi connectivity index (χ4v) is 2.75. The number of halogens is 2. The molecule has 0 fully saturated rings. The molecule has 0 aliphatic rings. The fraction of sp³-hybridized carbons (Fsp3) is 0.211. The van der Waals surface area contributed by atoms with Gasteiger partial charge in [-0.2, -0.15) is 10.3 Å². The number of aromatic nitrogens is 3. The fourth-order valence-electron chi connectivity index (χ4n) is 2.53. The van der Waals surface area contributed by atoms with Crippen molar-refractivity contribution < 1.29 is 23.4 Å². The highest BCUT2D eigenvalue weighted by atomic mass is 35.5.